The third-order valence-corrected chi connectivity index (χ3v) is 12.7. The normalized spacial score (nSPS) is 20.4. The molecule has 0 saturated carbocycles. The van der Waals surface area contributed by atoms with Crippen LogP contribution in [0, 0.1) is 0 Å². The van der Waals surface area contributed by atoms with Crippen molar-refractivity contribution in [3.05, 3.63) is 36.5 Å². The number of rotatable bonds is 45. The Morgan fingerprint density at radius 2 is 0.937 bits per heavy atom. The number of ether oxygens (including phenoxy) is 2. The number of aliphatic hydroxyl groups excluding tert-OH is 5. The molecule has 63 heavy (non-hydrogen) atoms. The van der Waals surface area contributed by atoms with Gasteiger partial charge in [-0.25, -0.2) is 0 Å². The Kier molecular flexibility index (Phi) is 41.7. The van der Waals surface area contributed by atoms with E-state index in [-0.39, 0.29) is 12.5 Å². The number of allylic oxidation sites excluding steroid dienone is 5. The molecular formula is C54H101NO8. The average Bonchev–Trinajstić information content (AvgIpc) is 3.28. The first-order chi connectivity index (χ1) is 30.8. The highest BCUT2D eigenvalue weighted by Gasteiger charge is 2.44. The molecule has 1 amide bonds. The van der Waals surface area contributed by atoms with Crippen LogP contribution in [-0.4, -0.2) is 87.5 Å². The molecule has 7 unspecified atom stereocenters. The molecule has 1 rings (SSSR count). The highest BCUT2D eigenvalue weighted by molar-refractivity contribution is 5.76. The van der Waals surface area contributed by atoms with Gasteiger partial charge >= 0.3 is 0 Å². The van der Waals surface area contributed by atoms with Crippen molar-refractivity contribution in [1.82, 2.24) is 5.32 Å². The number of nitrogens with one attached hydrogen (secondary N) is 1. The van der Waals surface area contributed by atoms with Crippen LogP contribution < -0.4 is 5.32 Å². The van der Waals surface area contributed by atoms with E-state index < -0.39 is 49.5 Å². The van der Waals surface area contributed by atoms with E-state index in [1.54, 1.807) is 6.08 Å². The van der Waals surface area contributed by atoms with Gasteiger partial charge in [-0.05, 0) is 51.4 Å². The van der Waals surface area contributed by atoms with Crippen molar-refractivity contribution in [1.29, 1.82) is 0 Å². The molecule has 0 bridgehead atoms. The largest absolute Gasteiger partial charge is 0.394 e. The predicted octanol–water partition coefficient (Wildman–Crippen LogP) is 12.4. The van der Waals surface area contributed by atoms with E-state index in [1.807, 2.05) is 6.08 Å². The first-order valence-electron chi connectivity index (χ1n) is 26.7. The first kappa shape index (κ1) is 59.4. The van der Waals surface area contributed by atoms with Crippen LogP contribution in [-0.2, 0) is 14.3 Å². The highest BCUT2D eigenvalue weighted by Crippen LogP contribution is 2.23. The second kappa shape index (κ2) is 44.3. The molecule has 370 valence electrons. The SMILES string of the molecule is CCCCCCCCC/C=C/C(O)C(COC1OC(CO)C(O)C(O)C1O)NC(=O)CCCCCCCCCCCCCCCCC/C=C\C/C=C\CCCCCCCCCCC. The summed E-state index contributed by atoms with van der Waals surface area (Å²) in [6.45, 7) is 3.75. The lowest BCUT2D eigenvalue weighted by Crippen LogP contribution is -2.60. The van der Waals surface area contributed by atoms with E-state index in [1.165, 1.54) is 180 Å². The Morgan fingerprint density at radius 3 is 1.37 bits per heavy atom. The second-order valence-corrected chi connectivity index (χ2v) is 18.7. The molecular weight excluding hydrogens is 791 g/mol. The first-order valence-corrected chi connectivity index (χ1v) is 26.7. The minimum atomic E-state index is -1.56. The summed E-state index contributed by atoms with van der Waals surface area (Å²) in [5.74, 6) is -0.178. The van der Waals surface area contributed by atoms with Gasteiger partial charge in [0.25, 0.3) is 0 Å². The van der Waals surface area contributed by atoms with Crippen LogP contribution in [0.25, 0.3) is 0 Å². The van der Waals surface area contributed by atoms with Gasteiger partial charge in [-0.3, -0.25) is 4.79 Å². The second-order valence-electron chi connectivity index (χ2n) is 18.7. The molecule has 9 heteroatoms. The van der Waals surface area contributed by atoms with Crippen molar-refractivity contribution in [2.75, 3.05) is 13.2 Å². The molecule has 0 spiro atoms. The van der Waals surface area contributed by atoms with E-state index in [4.69, 9.17) is 9.47 Å². The molecule has 0 aromatic rings. The summed E-state index contributed by atoms with van der Waals surface area (Å²) in [4.78, 5) is 13.0. The predicted molar refractivity (Wildman–Crippen MR) is 263 cm³/mol. The fraction of sp³-hybridized carbons (Fsp3) is 0.870. The zero-order valence-electron chi connectivity index (χ0n) is 40.8. The van der Waals surface area contributed by atoms with E-state index in [0.717, 1.165) is 44.9 Å². The lowest BCUT2D eigenvalue weighted by molar-refractivity contribution is -0.302. The minimum Gasteiger partial charge on any atom is -0.394 e. The number of hydrogen-bond donors (Lipinski definition) is 6. The summed E-state index contributed by atoms with van der Waals surface area (Å²) in [5, 5.41) is 54.1. The van der Waals surface area contributed by atoms with Gasteiger partial charge in [0.15, 0.2) is 6.29 Å². The van der Waals surface area contributed by atoms with Crippen LogP contribution in [0.2, 0.25) is 0 Å². The Hall–Kier alpha value is -1.59. The fourth-order valence-electron chi connectivity index (χ4n) is 8.42. The van der Waals surface area contributed by atoms with Crippen LogP contribution in [0.3, 0.4) is 0 Å². The number of unbranched alkanes of at least 4 members (excludes halogenated alkanes) is 31. The van der Waals surface area contributed by atoms with Crippen molar-refractivity contribution < 1.29 is 39.8 Å². The number of carbonyl (C=O) groups excluding carboxylic acids is 1. The Balaban J connectivity index is 2.10. The van der Waals surface area contributed by atoms with E-state index >= 15 is 0 Å². The molecule has 1 saturated heterocycles. The highest BCUT2D eigenvalue weighted by atomic mass is 16.7. The third-order valence-electron chi connectivity index (χ3n) is 12.7. The molecule has 1 heterocycles. The summed E-state index contributed by atoms with van der Waals surface area (Å²) < 4.78 is 11.2. The molecule has 9 nitrogen and oxygen atoms in total. The summed E-state index contributed by atoms with van der Waals surface area (Å²) >= 11 is 0. The topological polar surface area (TPSA) is 149 Å². The summed E-state index contributed by atoms with van der Waals surface area (Å²) in [6, 6.07) is -0.801. The molecule has 1 aliphatic rings. The van der Waals surface area contributed by atoms with Gasteiger partial charge in [-0.15, -0.1) is 0 Å². The van der Waals surface area contributed by atoms with Crippen LogP contribution in [0.5, 0.6) is 0 Å². The number of amides is 1. The van der Waals surface area contributed by atoms with Gasteiger partial charge in [-0.1, -0.05) is 224 Å². The Labute approximate surface area is 387 Å². The summed E-state index contributed by atoms with van der Waals surface area (Å²) in [7, 11) is 0. The van der Waals surface area contributed by atoms with Crippen LogP contribution in [0.15, 0.2) is 36.5 Å². The number of carbonyl (C=O) groups is 1. The average molecular weight is 892 g/mol. The maximum absolute atomic E-state index is 13.0. The Bertz CT molecular complexity index is 1080. The Morgan fingerprint density at radius 1 is 0.540 bits per heavy atom. The van der Waals surface area contributed by atoms with Gasteiger partial charge in [0.05, 0.1) is 25.4 Å². The maximum Gasteiger partial charge on any atom is 0.220 e. The van der Waals surface area contributed by atoms with Crippen molar-refractivity contribution in [2.24, 2.45) is 0 Å². The van der Waals surface area contributed by atoms with Crippen molar-refractivity contribution in [2.45, 2.75) is 288 Å². The van der Waals surface area contributed by atoms with E-state index in [0.29, 0.717) is 6.42 Å². The molecule has 0 aromatic heterocycles. The molecule has 1 fully saturated rings. The van der Waals surface area contributed by atoms with Crippen LogP contribution in [0.1, 0.15) is 245 Å². The quantitative estimate of drug-likeness (QED) is 0.0261. The number of aliphatic hydroxyl groups is 5. The van der Waals surface area contributed by atoms with Gasteiger partial charge in [0.2, 0.25) is 5.91 Å². The van der Waals surface area contributed by atoms with Gasteiger partial charge < -0.3 is 40.3 Å². The molecule has 6 N–H and O–H groups in total. The van der Waals surface area contributed by atoms with Crippen molar-refractivity contribution >= 4 is 5.91 Å². The maximum atomic E-state index is 13.0. The number of hydrogen-bond acceptors (Lipinski definition) is 8. The molecule has 0 aliphatic carbocycles. The molecule has 0 aromatic carbocycles. The van der Waals surface area contributed by atoms with Crippen molar-refractivity contribution in [3.63, 3.8) is 0 Å². The zero-order valence-corrected chi connectivity index (χ0v) is 40.8. The van der Waals surface area contributed by atoms with Crippen LogP contribution >= 0.6 is 0 Å². The van der Waals surface area contributed by atoms with Gasteiger partial charge in [0.1, 0.15) is 24.4 Å². The molecule has 1 aliphatic heterocycles. The molecule has 7 atom stereocenters. The standard InChI is InChI=1S/C54H101NO8/c1-3-5-7-9-11-13-14-15-16-17-18-19-20-21-22-23-24-25-26-27-28-29-30-31-32-33-34-36-38-40-42-44-50(58)55-47(48(57)43-41-39-37-35-12-10-8-6-4-2)46-62-54-53(61)52(60)51(59)49(45-56)63-54/h18-19,21-22,41,43,47-49,51-54,56-57,59-61H,3-17,20,23-40,42,44-46H2,1-2H3,(H,55,58)/b19-18-,22-21-,43-41+. The smallest absolute Gasteiger partial charge is 0.220 e. The summed E-state index contributed by atoms with van der Waals surface area (Å²) in [6.07, 6.45) is 49.5. The van der Waals surface area contributed by atoms with Crippen LogP contribution in [0.4, 0.5) is 0 Å². The van der Waals surface area contributed by atoms with E-state index in [9.17, 15) is 30.3 Å². The van der Waals surface area contributed by atoms with E-state index in [2.05, 4.69) is 43.5 Å². The van der Waals surface area contributed by atoms with Gasteiger partial charge in [-0.2, -0.15) is 0 Å². The van der Waals surface area contributed by atoms with Crippen molar-refractivity contribution in [3.8, 4) is 0 Å². The molecule has 0 radical (unpaired) electrons. The lowest BCUT2D eigenvalue weighted by atomic mass is 9.99. The lowest BCUT2D eigenvalue weighted by Gasteiger charge is -2.40. The third kappa shape index (κ3) is 34.4. The summed E-state index contributed by atoms with van der Waals surface area (Å²) in [5.41, 5.74) is 0. The minimum absolute atomic E-state index is 0.178. The monoisotopic (exact) mass is 892 g/mol. The van der Waals surface area contributed by atoms with Gasteiger partial charge in [0, 0.05) is 6.42 Å². The fourth-order valence-corrected chi connectivity index (χ4v) is 8.42. The zero-order chi connectivity index (χ0) is 45.9.